The standard InChI is InChI=1S/C9H13F3N4O/c1-8(2,3)7-14-5(15-16-7)6(17)13-4-9(10,11)12/h4H2,1-3H3,(H,13,17)(H,14,15,16). The molecule has 0 saturated heterocycles. The minimum atomic E-state index is -4.45. The number of hydrogen-bond acceptors (Lipinski definition) is 3. The summed E-state index contributed by atoms with van der Waals surface area (Å²) in [6, 6.07) is 0. The molecule has 8 heteroatoms. The average Bonchev–Trinajstić information content (AvgIpc) is 2.60. The molecule has 1 amide bonds. The Bertz CT molecular complexity index is 405. The molecule has 1 aromatic heterocycles. The molecular weight excluding hydrogens is 237 g/mol. The maximum atomic E-state index is 11.9. The van der Waals surface area contributed by atoms with E-state index in [4.69, 9.17) is 0 Å². The second kappa shape index (κ2) is 4.34. The normalized spacial score (nSPS) is 12.6. The van der Waals surface area contributed by atoms with E-state index in [0.29, 0.717) is 5.82 Å². The van der Waals surface area contributed by atoms with Crippen molar-refractivity contribution in [3.05, 3.63) is 11.6 Å². The van der Waals surface area contributed by atoms with Gasteiger partial charge in [-0.1, -0.05) is 20.8 Å². The number of alkyl halides is 3. The first-order chi connectivity index (χ1) is 7.59. The number of aromatic amines is 1. The minimum absolute atomic E-state index is 0.292. The van der Waals surface area contributed by atoms with Gasteiger partial charge >= 0.3 is 6.18 Å². The van der Waals surface area contributed by atoms with Crippen LogP contribution in [0.25, 0.3) is 0 Å². The van der Waals surface area contributed by atoms with E-state index in [1.54, 1.807) is 5.32 Å². The summed E-state index contributed by atoms with van der Waals surface area (Å²) in [5.74, 6) is -0.803. The third kappa shape index (κ3) is 4.04. The van der Waals surface area contributed by atoms with Gasteiger partial charge in [0.05, 0.1) is 0 Å². The number of nitrogens with zero attached hydrogens (tertiary/aromatic N) is 2. The highest BCUT2D eigenvalue weighted by Gasteiger charge is 2.29. The van der Waals surface area contributed by atoms with Crippen LogP contribution in [0.3, 0.4) is 0 Å². The third-order valence-corrected chi connectivity index (χ3v) is 1.85. The number of H-pyrrole nitrogens is 1. The van der Waals surface area contributed by atoms with E-state index in [-0.39, 0.29) is 11.2 Å². The van der Waals surface area contributed by atoms with Crippen LogP contribution >= 0.6 is 0 Å². The van der Waals surface area contributed by atoms with E-state index in [2.05, 4.69) is 15.2 Å². The van der Waals surface area contributed by atoms with Crippen molar-refractivity contribution in [2.24, 2.45) is 0 Å². The van der Waals surface area contributed by atoms with E-state index < -0.39 is 18.6 Å². The van der Waals surface area contributed by atoms with Gasteiger partial charge in [-0.2, -0.15) is 13.2 Å². The number of nitrogens with one attached hydrogen (secondary N) is 2. The maximum Gasteiger partial charge on any atom is 0.405 e. The average molecular weight is 250 g/mol. The van der Waals surface area contributed by atoms with Gasteiger partial charge in [0.1, 0.15) is 12.4 Å². The molecule has 0 aliphatic rings. The van der Waals surface area contributed by atoms with Crippen molar-refractivity contribution < 1.29 is 18.0 Å². The molecule has 0 fully saturated rings. The van der Waals surface area contributed by atoms with Crippen LogP contribution in [0.4, 0.5) is 13.2 Å². The molecule has 96 valence electrons. The maximum absolute atomic E-state index is 11.9. The van der Waals surface area contributed by atoms with Crippen molar-refractivity contribution >= 4 is 5.91 Å². The number of halogens is 3. The first kappa shape index (κ1) is 13.5. The SMILES string of the molecule is CC(C)(C)c1nc(C(=O)NCC(F)(F)F)n[nH]1. The van der Waals surface area contributed by atoms with Crippen LogP contribution in [0, 0.1) is 0 Å². The van der Waals surface area contributed by atoms with Gasteiger partial charge in [-0.3, -0.25) is 9.89 Å². The fourth-order valence-corrected chi connectivity index (χ4v) is 0.958. The molecule has 0 aliphatic carbocycles. The van der Waals surface area contributed by atoms with Crippen molar-refractivity contribution in [1.82, 2.24) is 20.5 Å². The molecule has 1 heterocycles. The molecule has 1 rings (SSSR count). The Morgan fingerprint density at radius 3 is 2.35 bits per heavy atom. The van der Waals surface area contributed by atoms with E-state index in [9.17, 15) is 18.0 Å². The second-order valence-corrected chi connectivity index (χ2v) is 4.56. The molecule has 0 aromatic carbocycles. The van der Waals surface area contributed by atoms with Gasteiger partial charge in [-0.05, 0) is 0 Å². The highest BCUT2D eigenvalue weighted by Crippen LogP contribution is 2.17. The lowest BCUT2D eigenvalue weighted by molar-refractivity contribution is -0.123. The lowest BCUT2D eigenvalue weighted by atomic mass is 9.96. The summed E-state index contributed by atoms with van der Waals surface area (Å²) in [6.45, 7) is 4.12. The van der Waals surface area contributed by atoms with Crippen molar-refractivity contribution in [3.8, 4) is 0 Å². The zero-order valence-corrected chi connectivity index (χ0v) is 9.64. The molecule has 0 spiro atoms. The molecular formula is C9H13F3N4O. The van der Waals surface area contributed by atoms with Crippen molar-refractivity contribution in [2.45, 2.75) is 32.4 Å². The topological polar surface area (TPSA) is 70.7 Å². The molecule has 0 radical (unpaired) electrons. The monoisotopic (exact) mass is 250 g/mol. The molecule has 0 bridgehead atoms. The molecule has 0 saturated carbocycles. The molecule has 0 aliphatic heterocycles. The van der Waals surface area contributed by atoms with Gasteiger partial charge in [0.2, 0.25) is 5.82 Å². The number of hydrogen-bond donors (Lipinski definition) is 2. The lowest BCUT2D eigenvalue weighted by Crippen LogP contribution is -2.34. The van der Waals surface area contributed by atoms with Gasteiger partial charge in [-0.25, -0.2) is 4.98 Å². The lowest BCUT2D eigenvalue weighted by Gasteiger charge is -2.12. The Hall–Kier alpha value is -1.60. The summed E-state index contributed by atoms with van der Waals surface area (Å²) in [5, 5.41) is 7.78. The minimum Gasteiger partial charge on any atom is -0.340 e. The summed E-state index contributed by atoms with van der Waals surface area (Å²) < 4.78 is 35.6. The number of aromatic nitrogens is 3. The molecule has 17 heavy (non-hydrogen) atoms. The summed E-state index contributed by atoms with van der Waals surface area (Å²) in [5.41, 5.74) is -0.352. The van der Waals surface area contributed by atoms with Crippen molar-refractivity contribution in [2.75, 3.05) is 6.54 Å². The molecule has 1 aromatic rings. The van der Waals surface area contributed by atoms with Crippen LogP contribution in [0.5, 0.6) is 0 Å². The van der Waals surface area contributed by atoms with E-state index >= 15 is 0 Å². The van der Waals surface area contributed by atoms with E-state index in [1.807, 2.05) is 20.8 Å². The zero-order chi connectivity index (χ0) is 13.3. The van der Waals surface area contributed by atoms with Crippen LogP contribution in [-0.2, 0) is 5.41 Å². The quantitative estimate of drug-likeness (QED) is 0.833. The third-order valence-electron chi connectivity index (χ3n) is 1.85. The van der Waals surface area contributed by atoms with Gasteiger partial charge in [0.25, 0.3) is 5.91 Å². The predicted octanol–water partition coefficient (Wildman–Crippen LogP) is 1.39. The number of rotatable bonds is 2. The first-order valence-electron chi connectivity index (χ1n) is 4.87. The second-order valence-electron chi connectivity index (χ2n) is 4.56. The largest absolute Gasteiger partial charge is 0.405 e. The Morgan fingerprint density at radius 1 is 1.35 bits per heavy atom. The Morgan fingerprint density at radius 2 is 1.94 bits per heavy atom. The van der Waals surface area contributed by atoms with Crippen LogP contribution < -0.4 is 5.32 Å². The van der Waals surface area contributed by atoms with E-state index in [1.165, 1.54) is 0 Å². The van der Waals surface area contributed by atoms with Crippen molar-refractivity contribution in [3.63, 3.8) is 0 Å². The first-order valence-corrected chi connectivity index (χ1v) is 4.87. The summed E-state index contributed by atoms with van der Waals surface area (Å²) in [6.07, 6.45) is -4.45. The van der Waals surface area contributed by atoms with Gasteiger partial charge < -0.3 is 5.32 Å². The van der Waals surface area contributed by atoms with Gasteiger partial charge in [0.15, 0.2) is 0 Å². The number of carbonyl (C=O) groups excluding carboxylic acids is 1. The van der Waals surface area contributed by atoms with Crippen molar-refractivity contribution in [1.29, 1.82) is 0 Å². The molecule has 0 atom stereocenters. The van der Waals surface area contributed by atoms with Crippen LogP contribution in [0.2, 0.25) is 0 Å². The number of carbonyl (C=O) groups is 1. The summed E-state index contributed by atoms with van der Waals surface area (Å²) in [4.78, 5) is 15.1. The van der Waals surface area contributed by atoms with Crippen LogP contribution in [-0.4, -0.2) is 33.8 Å². The van der Waals surface area contributed by atoms with Gasteiger partial charge in [0, 0.05) is 5.41 Å². The number of amides is 1. The molecule has 2 N–H and O–H groups in total. The van der Waals surface area contributed by atoms with Crippen LogP contribution in [0.1, 0.15) is 37.2 Å². The molecule has 5 nitrogen and oxygen atoms in total. The van der Waals surface area contributed by atoms with Gasteiger partial charge in [-0.15, -0.1) is 5.10 Å². The highest BCUT2D eigenvalue weighted by atomic mass is 19.4. The molecule has 0 unspecified atom stereocenters. The smallest absolute Gasteiger partial charge is 0.340 e. The summed E-state index contributed by atoms with van der Waals surface area (Å²) >= 11 is 0. The predicted molar refractivity (Wildman–Crippen MR) is 53.5 cm³/mol. The Balaban J connectivity index is 2.68. The van der Waals surface area contributed by atoms with Crippen LogP contribution in [0.15, 0.2) is 0 Å². The van der Waals surface area contributed by atoms with E-state index in [0.717, 1.165) is 0 Å². The zero-order valence-electron chi connectivity index (χ0n) is 9.64. The highest BCUT2D eigenvalue weighted by molar-refractivity contribution is 5.90. The Labute approximate surface area is 95.8 Å². The fraction of sp³-hybridized carbons (Fsp3) is 0.667. The summed E-state index contributed by atoms with van der Waals surface area (Å²) in [7, 11) is 0. The Kier molecular flexibility index (Phi) is 3.44. The fourth-order valence-electron chi connectivity index (χ4n) is 0.958.